The lowest BCUT2D eigenvalue weighted by Crippen LogP contribution is -2.42. The van der Waals surface area contributed by atoms with Crippen LogP contribution >= 0.6 is 27.5 Å². The molecular formula is C15H21BrClNO2. The minimum Gasteiger partial charge on any atom is -0.383 e. The molecule has 1 rings (SSSR count). The summed E-state index contributed by atoms with van der Waals surface area (Å²) in [5.41, 5.74) is 0.532. The van der Waals surface area contributed by atoms with Crippen molar-refractivity contribution in [1.29, 1.82) is 0 Å². The maximum Gasteiger partial charge on any atom is 0.255 e. The predicted molar refractivity (Wildman–Crippen MR) is 86.4 cm³/mol. The number of amides is 1. The number of carbonyl (C=O) groups is 1. The second-order valence-corrected chi connectivity index (χ2v) is 5.80. The van der Waals surface area contributed by atoms with Gasteiger partial charge in [-0.25, -0.2) is 0 Å². The van der Waals surface area contributed by atoms with E-state index in [-0.39, 0.29) is 11.9 Å². The highest BCUT2D eigenvalue weighted by atomic mass is 79.9. The molecule has 0 N–H and O–H groups in total. The second-order valence-electron chi connectivity index (χ2n) is 4.56. The number of ether oxygens (including phenoxy) is 1. The Kier molecular flexibility index (Phi) is 7.56. The first kappa shape index (κ1) is 17.5. The number of halogens is 2. The van der Waals surface area contributed by atoms with Gasteiger partial charge in [0.05, 0.1) is 17.2 Å². The molecule has 112 valence electrons. The molecule has 0 fully saturated rings. The molecule has 0 aliphatic carbocycles. The van der Waals surface area contributed by atoms with Gasteiger partial charge in [0.1, 0.15) is 0 Å². The highest BCUT2D eigenvalue weighted by Crippen LogP contribution is 2.27. The molecule has 0 radical (unpaired) electrons. The number of benzene rings is 1. The van der Waals surface area contributed by atoms with E-state index in [1.165, 1.54) is 0 Å². The molecule has 0 heterocycles. The molecule has 0 aliphatic rings. The Morgan fingerprint density at radius 3 is 2.60 bits per heavy atom. The first-order chi connectivity index (χ1) is 9.56. The summed E-state index contributed by atoms with van der Waals surface area (Å²) < 4.78 is 5.85. The van der Waals surface area contributed by atoms with Crippen molar-refractivity contribution in [3.63, 3.8) is 0 Å². The van der Waals surface area contributed by atoms with E-state index in [2.05, 4.69) is 29.8 Å². The smallest absolute Gasteiger partial charge is 0.255 e. The largest absolute Gasteiger partial charge is 0.383 e. The Morgan fingerprint density at radius 2 is 2.05 bits per heavy atom. The summed E-state index contributed by atoms with van der Waals surface area (Å²) in [5.74, 6) is -0.0398. The van der Waals surface area contributed by atoms with Gasteiger partial charge < -0.3 is 9.64 Å². The summed E-state index contributed by atoms with van der Waals surface area (Å²) in [4.78, 5) is 14.6. The summed E-state index contributed by atoms with van der Waals surface area (Å²) in [6.45, 7) is 5.27. The van der Waals surface area contributed by atoms with Gasteiger partial charge in [-0.2, -0.15) is 0 Å². The van der Waals surface area contributed by atoms with Gasteiger partial charge in [0.2, 0.25) is 0 Å². The van der Waals surface area contributed by atoms with Crippen LogP contribution < -0.4 is 0 Å². The Hall–Kier alpha value is -0.580. The molecule has 0 saturated heterocycles. The van der Waals surface area contributed by atoms with Crippen molar-refractivity contribution in [1.82, 2.24) is 4.90 Å². The van der Waals surface area contributed by atoms with Crippen LogP contribution in [-0.2, 0) is 4.74 Å². The molecule has 20 heavy (non-hydrogen) atoms. The van der Waals surface area contributed by atoms with Crippen molar-refractivity contribution in [2.75, 3.05) is 20.3 Å². The Balaban J connectivity index is 3.05. The van der Waals surface area contributed by atoms with Gasteiger partial charge in [0, 0.05) is 24.2 Å². The highest BCUT2D eigenvalue weighted by molar-refractivity contribution is 9.10. The molecule has 0 aliphatic heterocycles. The topological polar surface area (TPSA) is 29.5 Å². The van der Waals surface area contributed by atoms with E-state index < -0.39 is 0 Å². The van der Waals surface area contributed by atoms with Gasteiger partial charge in [-0.3, -0.25) is 4.79 Å². The zero-order valence-electron chi connectivity index (χ0n) is 12.2. The van der Waals surface area contributed by atoms with Gasteiger partial charge in [0.25, 0.3) is 5.91 Å². The van der Waals surface area contributed by atoms with Crippen LogP contribution in [0.4, 0.5) is 0 Å². The summed E-state index contributed by atoms with van der Waals surface area (Å²) in [6, 6.07) is 5.62. The number of hydrogen-bond donors (Lipinski definition) is 0. The highest BCUT2D eigenvalue weighted by Gasteiger charge is 2.24. The molecule has 0 aromatic heterocycles. The Bertz CT molecular complexity index is 449. The van der Waals surface area contributed by atoms with E-state index in [0.717, 1.165) is 17.3 Å². The van der Waals surface area contributed by atoms with Gasteiger partial charge in [0.15, 0.2) is 0 Å². The molecule has 0 saturated carbocycles. The molecule has 3 nitrogen and oxygen atoms in total. The van der Waals surface area contributed by atoms with Crippen LogP contribution in [0.3, 0.4) is 0 Å². The summed E-state index contributed by atoms with van der Waals surface area (Å²) >= 11 is 9.59. The fourth-order valence-electron chi connectivity index (χ4n) is 2.19. The van der Waals surface area contributed by atoms with Crippen molar-refractivity contribution < 1.29 is 9.53 Å². The summed E-state index contributed by atoms with van der Waals surface area (Å²) in [5, 5.41) is 0.464. The minimum atomic E-state index is -0.0398. The second kappa shape index (κ2) is 8.65. The SMILES string of the molecule is CCC(CC)N(CCOC)C(=O)c1cccc(Br)c1Cl. The molecular weight excluding hydrogens is 342 g/mol. The molecule has 1 aromatic rings. The molecule has 1 amide bonds. The first-order valence-electron chi connectivity index (χ1n) is 6.80. The quantitative estimate of drug-likeness (QED) is 0.720. The third-order valence-electron chi connectivity index (χ3n) is 3.36. The van der Waals surface area contributed by atoms with Crippen LogP contribution in [0.25, 0.3) is 0 Å². The normalized spacial score (nSPS) is 10.9. The molecule has 0 atom stereocenters. The third kappa shape index (κ3) is 4.21. The van der Waals surface area contributed by atoms with Crippen LogP contribution in [0.1, 0.15) is 37.0 Å². The fourth-order valence-corrected chi connectivity index (χ4v) is 2.77. The van der Waals surface area contributed by atoms with Crippen molar-refractivity contribution in [2.45, 2.75) is 32.7 Å². The Morgan fingerprint density at radius 1 is 1.40 bits per heavy atom. The van der Waals surface area contributed by atoms with E-state index in [1.807, 2.05) is 17.0 Å². The van der Waals surface area contributed by atoms with Crippen LogP contribution in [0.5, 0.6) is 0 Å². The standard InChI is InChI=1S/C15H21BrClNO2/c1-4-11(5-2)18(9-10-20-3)15(19)12-7-6-8-13(16)14(12)17/h6-8,11H,4-5,9-10H2,1-3H3. The molecule has 0 unspecified atom stereocenters. The van der Waals surface area contributed by atoms with Crippen molar-refractivity contribution in [3.05, 3.63) is 33.3 Å². The number of rotatable bonds is 7. The fraction of sp³-hybridized carbons (Fsp3) is 0.533. The van der Waals surface area contributed by atoms with Gasteiger partial charge in [-0.1, -0.05) is 31.5 Å². The lowest BCUT2D eigenvalue weighted by Gasteiger charge is -2.30. The van der Waals surface area contributed by atoms with Crippen molar-refractivity contribution >= 4 is 33.4 Å². The van der Waals surface area contributed by atoms with Crippen LogP contribution in [0.15, 0.2) is 22.7 Å². The van der Waals surface area contributed by atoms with Gasteiger partial charge in [-0.15, -0.1) is 0 Å². The van der Waals surface area contributed by atoms with Gasteiger partial charge >= 0.3 is 0 Å². The molecule has 0 spiro atoms. The molecule has 1 aromatic carbocycles. The zero-order valence-corrected chi connectivity index (χ0v) is 14.5. The molecule has 0 bridgehead atoms. The van der Waals surface area contributed by atoms with E-state index in [1.54, 1.807) is 13.2 Å². The third-order valence-corrected chi connectivity index (χ3v) is 4.66. The van der Waals surface area contributed by atoms with Gasteiger partial charge in [-0.05, 0) is 40.9 Å². The number of methoxy groups -OCH3 is 1. The maximum atomic E-state index is 12.7. The average molecular weight is 363 g/mol. The lowest BCUT2D eigenvalue weighted by molar-refractivity contribution is 0.0589. The van der Waals surface area contributed by atoms with Crippen molar-refractivity contribution in [3.8, 4) is 0 Å². The number of nitrogens with zero attached hydrogens (tertiary/aromatic N) is 1. The average Bonchev–Trinajstić information content (AvgIpc) is 2.45. The summed E-state index contributed by atoms with van der Waals surface area (Å²) in [6.07, 6.45) is 1.83. The van der Waals surface area contributed by atoms with E-state index in [0.29, 0.717) is 23.7 Å². The minimum absolute atomic E-state index is 0.0398. The number of hydrogen-bond acceptors (Lipinski definition) is 2. The zero-order chi connectivity index (χ0) is 15.1. The van der Waals surface area contributed by atoms with Crippen LogP contribution in [0.2, 0.25) is 5.02 Å². The lowest BCUT2D eigenvalue weighted by atomic mass is 10.1. The maximum absolute atomic E-state index is 12.7. The predicted octanol–water partition coefficient (Wildman–Crippen LogP) is 4.38. The Labute approximate surface area is 134 Å². The van der Waals surface area contributed by atoms with E-state index in [4.69, 9.17) is 16.3 Å². The van der Waals surface area contributed by atoms with Crippen LogP contribution in [0, 0.1) is 0 Å². The van der Waals surface area contributed by atoms with E-state index in [9.17, 15) is 4.79 Å². The molecule has 5 heteroatoms. The monoisotopic (exact) mass is 361 g/mol. The van der Waals surface area contributed by atoms with Crippen LogP contribution in [-0.4, -0.2) is 37.1 Å². The first-order valence-corrected chi connectivity index (χ1v) is 7.97. The van der Waals surface area contributed by atoms with Crippen molar-refractivity contribution in [2.24, 2.45) is 0 Å². The summed E-state index contributed by atoms with van der Waals surface area (Å²) in [7, 11) is 1.64. The van der Waals surface area contributed by atoms with E-state index >= 15 is 0 Å². The number of carbonyl (C=O) groups excluding carboxylic acids is 1.